The number of thiazole rings is 1. The molecule has 5 aromatic rings. The third kappa shape index (κ3) is 5.40. The summed E-state index contributed by atoms with van der Waals surface area (Å²) in [5.74, 6) is 0.695. The van der Waals surface area contributed by atoms with Crippen molar-refractivity contribution in [1.82, 2.24) is 24.4 Å². The average molecular weight is 596 g/mol. The van der Waals surface area contributed by atoms with Crippen molar-refractivity contribution in [2.45, 2.75) is 38.2 Å². The number of benzene rings is 2. The molecule has 0 bridgehead atoms. The standard InChI is InChI=1S/C31H26FN7O3S/c32-23-10-19(13-33)4-5-21(23)17-42-30-3-1-2-28(36-30)38-9-8-37(26-12-27(26)38)16-29-35-24-7-6-20(31(40)41)11-25(24)39(29)15-22-14-34-18-43-22/h1-7,10-11,14,18,26-27H,8-9,12,15-17H2,(H,40,41)/t26-,27+/m1/s1. The van der Waals surface area contributed by atoms with Gasteiger partial charge in [0.2, 0.25) is 5.88 Å². The number of ether oxygens (including phenoxy) is 1. The number of nitriles is 1. The summed E-state index contributed by atoms with van der Waals surface area (Å²) in [6.45, 7) is 2.84. The minimum atomic E-state index is -0.963. The SMILES string of the molecule is N#Cc1ccc(COc2cccc(N3CCN(Cc4nc5ccc(C(=O)O)cc5n4Cc4cncs4)[C@@H]4C[C@@H]43)n2)c(F)c1. The van der Waals surface area contributed by atoms with E-state index in [0.29, 0.717) is 36.6 Å². The average Bonchev–Trinajstić information content (AvgIpc) is 3.53. The van der Waals surface area contributed by atoms with Crippen molar-refractivity contribution < 1.29 is 19.0 Å². The first-order chi connectivity index (χ1) is 21.0. The summed E-state index contributed by atoms with van der Waals surface area (Å²) in [5.41, 5.74) is 4.24. The molecule has 1 saturated heterocycles. The molecular formula is C31H26FN7O3S. The number of hydrogen-bond acceptors (Lipinski definition) is 9. The Bertz CT molecular complexity index is 1870. The lowest BCUT2D eigenvalue weighted by molar-refractivity contribution is 0.0697. The molecule has 4 heterocycles. The third-order valence-corrected chi connectivity index (χ3v) is 8.76. The van der Waals surface area contributed by atoms with Crippen molar-refractivity contribution in [2.24, 2.45) is 0 Å². The van der Waals surface area contributed by atoms with Crippen LogP contribution in [0.3, 0.4) is 0 Å². The van der Waals surface area contributed by atoms with Gasteiger partial charge in [0.15, 0.2) is 0 Å². The maximum atomic E-state index is 14.3. The van der Waals surface area contributed by atoms with Gasteiger partial charge in [-0.3, -0.25) is 9.88 Å². The summed E-state index contributed by atoms with van der Waals surface area (Å²) in [5, 5.41) is 18.5. The van der Waals surface area contributed by atoms with Gasteiger partial charge in [-0.15, -0.1) is 11.3 Å². The number of piperazine rings is 1. The van der Waals surface area contributed by atoms with Crippen LogP contribution in [0.2, 0.25) is 0 Å². The van der Waals surface area contributed by atoms with Gasteiger partial charge in [0.05, 0.1) is 46.8 Å². The van der Waals surface area contributed by atoms with Gasteiger partial charge in [0, 0.05) is 47.9 Å². The number of imidazole rings is 1. The lowest BCUT2D eigenvalue weighted by Gasteiger charge is -2.34. The first kappa shape index (κ1) is 27.0. The van der Waals surface area contributed by atoms with Crippen molar-refractivity contribution in [3.05, 3.63) is 99.5 Å². The molecule has 43 heavy (non-hydrogen) atoms. The minimum absolute atomic E-state index is 0.0182. The van der Waals surface area contributed by atoms with Crippen LogP contribution in [0.15, 0.2) is 66.3 Å². The van der Waals surface area contributed by atoms with Gasteiger partial charge in [-0.25, -0.2) is 14.2 Å². The predicted molar refractivity (Wildman–Crippen MR) is 158 cm³/mol. The highest BCUT2D eigenvalue weighted by Crippen LogP contribution is 2.40. The van der Waals surface area contributed by atoms with Crippen molar-refractivity contribution in [3.8, 4) is 11.9 Å². The number of hydrogen-bond donors (Lipinski definition) is 1. The number of carboxylic acid groups (broad SMARTS) is 1. The highest BCUT2D eigenvalue weighted by Gasteiger charge is 2.49. The van der Waals surface area contributed by atoms with E-state index >= 15 is 0 Å². The van der Waals surface area contributed by atoms with Crippen molar-refractivity contribution in [2.75, 3.05) is 18.0 Å². The summed E-state index contributed by atoms with van der Waals surface area (Å²) in [4.78, 5) is 31.3. The maximum Gasteiger partial charge on any atom is 0.335 e. The monoisotopic (exact) mass is 595 g/mol. The van der Waals surface area contributed by atoms with E-state index < -0.39 is 11.8 Å². The van der Waals surface area contributed by atoms with Crippen molar-refractivity contribution >= 4 is 34.2 Å². The van der Waals surface area contributed by atoms with Gasteiger partial charge < -0.3 is 19.3 Å². The molecule has 0 spiro atoms. The van der Waals surface area contributed by atoms with Crippen LogP contribution in [0, 0.1) is 17.1 Å². The Morgan fingerprint density at radius 1 is 1.12 bits per heavy atom. The van der Waals surface area contributed by atoms with E-state index in [0.717, 1.165) is 47.1 Å². The summed E-state index contributed by atoms with van der Waals surface area (Å²) >= 11 is 1.56. The van der Waals surface area contributed by atoms with Gasteiger partial charge >= 0.3 is 5.97 Å². The van der Waals surface area contributed by atoms with E-state index in [2.05, 4.69) is 19.4 Å². The van der Waals surface area contributed by atoms with Crippen LogP contribution in [0.4, 0.5) is 10.2 Å². The molecule has 7 rings (SSSR count). The highest BCUT2D eigenvalue weighted by atomic mass is 32.1. The normalized spacial score (nSPS) is 17.9. The highest BCUT2D eigenvalue weighted by molar-refractivity contribution is 7.09. The Hall–Kier alpha value is -4.86. The second kappa shape index (κ2) is 11.1. The first-order valence-electron chi connectivity index (χ1n) is 13.9. The number of carboxylic acids is 1. The molecule has 1 N–H and O–H groups in total. The molecule has 0 radical (unpaired) electrons. The zero-order valence-electron chi connectivity index (χ0n) is 22.9. The van der Waals surface area contributed by atoms with E-state index in [1.165, 1.54) is 6.07 Å². The van der Waals surface area contributed by atoms with Gasteiger partial charge in [0.25, 0.3) is 0 Å². The number of aromatic carboxylic acids is 1. The molecule has 12 heteroatoms. The quantitative estimate of drug-likeness (QED) is 0.259. The topological polar surface area (TPSA) is 120 Å². The Labute approximate surface area is 250 Å². The smallest absolute Gasteiger partial charge is 0.335 e. The van der Waals surface area contributed by atoms with Crippen LogP contribution < -0.4 is 9.64 Å². The van der Waals surface area contributed by atoms with Crippen LogP contribution in [-0.4, -0.2) is 60.7 Å². The lowest BCUT2D eigenvalue weighted by atomic mass is 10.1. The van der Waals surface area contributed by atoms with Crippen LogP contribution in [0.5, 0.6) is 5.88 Å². The Morgan fingerprint density at radius 2 is 2.02 bits per heavy atom. The molecule has 0 unspecified atom stereocenters. The van der Waals surface area contributed by atoms with Crippen molar-refractivity contribution in [3.63, 3.8) is 0 Å². The molecule has 2 atom stereocenters. The van der Waals surface area contributed by atoms with Gasteiger partial charge in [0.1, 0.15) is 24.1 Å². The number of pyridine rings is 1. The number of halogens is 1. The number of fused-ring (bicyclic) bond motifs is 2. The Kier molecular flexibility index (Phi) is 6.96. The molecule has 2 aromatic carbocycles. The summed E-state index contributed by atoms with van der Waals surface area (Å²) in [6.07, 6.45) is 2.84. The van der Waals surface area contributed by atoms with Gasteiger partial charge in [-0.1, -0.05) is 12.1 Å². The number of aromatic nitrogens is 4. The molecule has 2 fully saturated rings. The maximum absolute atomic E-state index is 14.3. The fraction of sp³-hybridized carbons (Fsp3) is 0.258. The molecule has 1 saturated carbocycles. The van der Waals surface area contributed by atoms with Crippen molar-refractivity contribution in [1.29, 1.82) is 5.26 Å². The molecule has 1 aliphatic heterocycles. The van der Waals surface area contributed by atoms with Crippen LogP contribution in [0.1, 0.15) is 38.6 Å². The summed E-state index contributed by atoms with van der Waals surface area (Å²) < 4.78 is 22.2. The lowest BCUT2D eigenvalue weighted by Crippen LogP contribution is -2.46. The Balaban J connectivity index is 1.06. The number of nitrogens with zero attached hydrogens (tertiary/aromatic N) is 7. The van der Waals surface area contributed by atoms with Gasteiger partial charge in [-0.05, 0) is 42.8 Å². The zero-order valence-corrected chi connectivity index (χ0v) is 23.7. The summed E-state index contributed by atoms with van der Waals surface area (Å²) in [6, 6.07) is 17.6. The van der Waals surface area contributed by atoms with E-state index in [1.54, 1.807) is 53.2 Å². The van der Waals surface area contributed by atoms with E-state index in [9.17, 15) is 14.3 Å². The molecular weight excluding hydrogens is 569 g/mol. The number of rotatable bonds is 9. The van der Waals surface area contributed by atoms with E-state index in [-0.39, 0.29) is 17.7 Å². The second-order valence-corrected chi connectivity index (χ2v) is 11.6. The molecule has 2 aliphatic rings. The van der Waals surface area contributed by atoms with Gasteiger partial charge in [-0.2, -0.15) is 10.2 Å². The van der Waals surface area contributed by atoms with E-state index in [1.807, 2.05) is 24.4 Å². The first-order valence-corrected chi connectivity index (χ1v) is 14.7. The fourth-order valence-electron chi connectivity index (χ4n) is 5.74. The zero-order chi connectivity index (χ0) is 29.5. The molecule has 1 aliphatic carbocycles. The number of carbonyl (C=O) groups is 1. The fourth-order valence-corrected chi connectivity index (χ4v) is 6.32. The largest absolute Gasteiger partial charge is 0.478 e. The van der Waals surface area contributed by atoms with E-state index in [4.69, 9.17) is 20.0 Å². The van der Waals surface area contributed by atoms with Crippen LogP contribution in [-0.2, 0) is 19.7 Å². The second-order valence-electron chi connectivity index (χ2n) is 10.7. The minimum Gasteiger partial charge on any atom is -0.478 e. The molecule has 10 nitrogen and oxygen atoms in total. The molecule has 216 valence electrons. The number of anilines is 1. The Morgan fingerprint density at radius 3 is 2.81 bits per heavy atom. The third-order valence-electron chi connectivity index (χ3n) is 8.00. The van der Waals surface area contributed by atoms with Crippen LogP contribution >= 0.6 is 11.3 Å². The molecule has 3 aromatic heterocycles. The van der Waals surface area contributed by atoms with Crippen LogP contribution in [0.25, 0.3) is 11.0 Å². The molecule has 0 amide bonds. The summed E-state index contributed by atoms with van der Waals surface area (Å²) in [7, 11) is 0. The predicted octanol–water partition coefficient (Wildman–Crippen LogP) is 4.69.